The van der Waals surface area contributed by atoms with E-state index in [0.717, 1.165) is 16.4 Å². The maximum Gasteiger partial charge on any atom is 0.446 e. The van der Waals surface area contributed by atoms with Crippen LogP contribution >= 0.6 is 0 Å². The van der Waals surface area contributed by atoms with Gasteiger partial charge >= 0.3 is 12.4 Å². The van der Waals surface area contributed by atoms with Gasteiger partial charge in [-0.3, -0.25) is 4.79 Å². The van der Waals surface area contributed by atoms with Gasteiger partial charge in [-0.05, 0) is 37.0 Å². The summed E-state index contributed by atoms with van der Waals surface area (Å²) in [6.45, 7) is 17.1. The minimum Gasteiger partial charge on any atom is -0.486 e. The molecule has 2 atom stereocenters. The van der Waals surface area contributed by atoms with Crippen molar-refractivity contribution in [2.75, 3.05) is 13.1 Å². The lowest BCUT2D eigenvalue weighted by Gasteiger charge is -2.30. The summed E-state index contributed by atoms with van der Waals surface area (Å²) in [5.41, 5.74) is -3.79. The number of nitrogens with zero attached hydrogens (tertiary/aromatic N) is 3. The van der Waals surface area contributed by atoms with Crippen LogP contribution in [0.25, 0.3) is 9.69 Å². The molecular formula is C26H24F7N3O5S. The van der Waals surface area contributed by atoms with Crippen molar-refractivity contribution in [1.82, 2.24) is 4.31 Å². The number of aliphatic hydroxyl groups is 1. The standard InChI is InChI=1S/C24H23F4N3O4S.C2HF3O/c1-15(2)9-10-23(32)14-31(13-22(23)35-17-6-7-19(29-3)18(25)12-17)36(33,34)21-8-5-16(24(26,27)28)11-20(21)30-4;3-2(4,5)1-6/h5-8,11-12,15,22,32H,9-10,13-14H2,1-2H3;1H/t22-,23-;/m0./s1. The van der Waals surface area contributed by atoms with E-state index in [1.807, 2.05) is 13.8 Å². The number of β-amino-alcohol motifs (C(OH)–C–C–N with tert-alkyl or cyclic N) is 1. The van der Waals surface area contributed by atoms with Crippen molar-refractivity contribution in [3.8, 4) is 5.75 Å². The van der Waals surface area contributed by atoms with Crippen LogP contribution in [-0.2, 0) is 21.0 Å². The maximum atomic E-state index is 14.1. The number of carbonyl (C=O) groups excluding carboxylic acids is 1. The third-order valence-electron chi connectivity index (χ3n) is 6.05. The highest BCUT2D eigenvalue weighted by Gasteiger charge is 2.51. The molecule has 16 heteroatoms. The van der Waals surface area contributed by atoms with Crippen molar-refractivity contribution in [1.29, 1.82) is 0 Å². The molecular weight excluding hydrogens is 599 g/mol. The molecule has 1 N–H and O–H groups in total. The molecule has 0 unspecified atom stereocenters. The van der Waals surface area contributed by atoms with E-state index in [4.69, 9.17) is 22.7 Å². The molecule has 0 saturated carbocycles. The number of alkyl halides is 6. The van der Waals surface area contributed by atoms with Crippen LogP contribution in [0.4, 0.5) is 42.1 Å². The molecule has 8 nitrogen and oxygen atoms in total. The van der Waals surface area contributed by atoms with E-state index in [1.165, 1.54) is 12.1 Å². The Kier molecular flexibility index (Phi) is 10.7. The lowest BCUT2D eigenvalue weighted by Crippen LogP contribution is -2.45. The molecule has 1 fully saturated rings. The Labute approximate surface area is 237 Å². The number of ether oxygens (including phenoxy) is 1. The van der Waals surface area contributed by atoms with Crippen molar-refractivity contribution < 1.29 is 53.8 Å². The molecule has 0 aliphatic carbocycles. The molecule has 2 aromatic rings. The fourth-order valence-electron chi connectivity index (χ4n) is 3.89. The number of hydrogen-bond donors (Lipinski definition) is 1. The van der Waals surface area contributed by atoms with Crippen LogP contribution in [0.5, 0.6) is 5.75 Å². The number of benzene rings is 2. The molecule has 42 heavy (non-hydrogen) atoms. The number of aldehydes is 1. The topological polar surface area (TPSA) is 92.6 Å². The van der Waals surface area contributed by atoms with Crippen LogP contribution in [0.2, 0.25) is 0 Å². The summed E-state index contributed by atoms with van der Waals surface area (Å²) in [6, 6.07) is 5.25. The Morgan fingerprint density at radius 1 is 1.10 bits per heavy atom. The molecule has 0 aromatic heterocycles. The van der Waals surface area contributed by atoms with Crippen LogP contribution in [0.15, 0.2) is 41.3 Å². The summed E-state index contributed by atoms with van der Waals surface area (Å²) in [4.78, 5) is 14.1. The zero-order valence-corrected chi connectivity index (χ0v) is 22.8. The first kappa shape index (κ1) is 34.5. The Bertz CT molecular complexity index is 1480. The Hall–Kier alpha value is -3.73. The predicted octanol–water partition coefficient (Wildman–Crippen LogP) is 6.31. The third-order valence-corrected chi connectivity index (χ3v) is 7.91. The van der Waals surface area contributed by atoms with Crippen LogP contribution in [0.1, 0.15) is 32.3 Å². The number of sulfonamides is 1. The van der Waals surface area contributed by atoms with E-state index < -0.39 is 68.9 Å². The quantitative estimate of drug-likeness (QED) is 0.222. The van der Waals surface area contributed by atoms with Crippen molar-refractivity contribution in [3.05, 3.63) is 70.6 Å². The zero-order chi connectivity index (χ0) is 32.1. The van der Waals surface area contributed by atoms with Crippen LogP contribution < -0.4 is 4.74 Å². The van der Waals surface area contributed by atoms with Crippen LogP contribution in [-0.4, -0.2) is 55.1 Å². The van der Waals surface area contributed by atoms with Gasteiger partial charge in [-0.2, -0.15) is 30.6 Å². The molecule has 0 spiro atoms. The second kappa shape index (κ2) is 13.1. The smallest absolute Gasteiger partial charge is 0.446 e. The van der Waals surface area contributed by atoms with Crippen molar-refractivity contribution in [3.63, 3.8) is 0 Å². The molecule has 3 rings (SSSR count). The van der Waals surface area contributed by atoms with E-state index in [9.17, 15) is 44.3 Å². The average molecular weight is 624 g/mol. The van der Waals surface area contributed by atoms with Gasteiger partial charge in [0.15, 0.2) is 0 Å². The van der Waals surface area contributed by atoms with Gasteiger partial charge in [0.2, 0.25) is 27.7 Å². The monoisotopic (exact) mass is 623 g/mol. The highest BCUT2D eigenvalue weighted by atomic mass is 32.2. The molecule has 0 bridgehead atoms. The molecule has 1 aliphatic heterocycles. The van der Waals surface area contributed by atoms with E-state index in [1.54, 1.807) is 0 Å². The molecule has 2 aromatic carbocycles. The van der Waals surface area contributed by atoms with Gasteiger partial charge < -0.3 is 9.84 Å². The van der Waals surface area contributed by atoms with Gasteiger partial charge in [0.05, 0.1) is 24.6 Å². The van der Waals surface area contributed by atoms with Crippen molar-refractivity contribution in [2.24, 2.45) is 5.92 Å². The molecule has 0 radical (unpaired) electrons. The summed E-state index contributed by atoms with van der Waals surface area (Å²) in [6.07, 6.45) is -11.0. The zero-order valence-electron chi connectivity index (χ0n) is 22.0. The molecule has 1 saturated heterocycles. The summed E-state index contributed by atoms with van der Waals surface area (Å²) in [7, 11) is -4.50. The predicted molar refractivity (Wildman–Crippen MR) is 135 cm³/mol. The lowest BCUT2D eigenvalue weighted by atomic mass is 9.91. The number of hydrogen-bond acceptors (Lipinski definition) is 5. The third kappa shape index (κ3) is 8.64. The molecule has 1 aliphatic rings. The second-order valence-corrected chi connectivity index (χ2v) is 11.5. The SMILES string of the molecule is O=CC(F)(F)F.[C-]#[N+]c1ccc(O[C@H]2CN(S(=O)(=O)c3ccc(C(F)(F)F)cc3[N+]#[C-])C[C@@]2(O)CCC(C)C)cc1F. The van der Waals surface area contributed by atoms with Gasteiger partial charge in [-0.15, -0.1) is 0 Å². The van der Waals surface area contributed by atoms with Gasteiger partial charge in [0.25, 0.3) is 0 Å². The first-order valence-corrected chi connectivity index (χ1v) is 13.4. The fraction of sp³-hybridized carbons (Fsp3) is 0.423. The highest BCUT2D eigenvalue weighted by molar-refractivity contribution is 7.89. The Balaban J connectivity index is 0.000000928. The van der Waals surface area contributed by atoms with E-state index in [-0.39, 0.29) is 30.3 Å². The van der Waals surface area contributed by atoms with Gasteiger partial charge in [-0.25, -0.2) is 22.5 Å². The lowest BCUT2D eigenvalue weighted by molar-refractivity contribution is -0.156. The summed E-state index contributed by atoms with van der Waals surface area (Å²) >= 11 is 0. The van der Waals surface area contributed by atoms with Gasteiger partial charge in [0.1, 0.15) is 23.3 Å². The van der Waals surface area contributed by atoms with Gasteiger partial charge in [-0.1, -0.05) is 26.0 Å². The highest BCUT2D eigenvalue weighted by Crippen LogP contribution is 2.39. The van der Waals surface area contributed by atoms with Crippen LogP contribution in [0.3, 0.4) is 0 Å². The summed E-state index contributed by atoms with van der Waals surface area (Å²) < 4.78 is 118. The fourth-order valence-corrected chi connectivity index (χ4v) is 5.50. The molecule has 228 valence electrons. The largest absolute Gasteiger partial charge is 0.486 e. The van der Waals surface area contributed by atoms with E-state index >= 15 is 0 Å². The minimum absolute atomic E-state index is 0.0245. The Morgan fingerprint density at radius 3 is 2.17 bits per heavy atom. The summed E-state index contributed by atoms with van der Waals surface area (Å²) in [5, 5.41) is 11.4. The maximum absolute atomic E-state index is 14.1. The van der Waals surface area contributed by atoms with Crippen LogP contribution in [0, 0.1) is 24.9 Å². The van der Waals surface area contributed by atoms with E-state index in [2.05, 4.69) is 9.69 Å². The Morgan fingerprint density at radius 2 is 1.69 bits per heavy atom. The number of rotatable bonds is 7. The van der Waals surface area contributed by atoms with Gasteiger partial charge in [0, 0.05) is 18.2 Å². The first-order chi connectivity index (χ1) is 19.3. The normalized spacial score (nSPS) is 19.4. The van der Waals surface area contributed by atoms with Crippen molar-refractivity contribution >= 4 is 27.7 Å². The number of halogens is 7. The molecule has 1 heterocycles. The van der Waals surface area contributed by atoms with Crippen molar-refractivity contribution in [2.45, 2.75) is 55.6 Å². The minimum atomic E-state index is -4.76. The second-order valence-electron chi connectivity index (χ2n) is 9.62. The average Bonchev–Trinajstić information content (AvgIpc) is 3.23. The number of carbonyl (C=O) groups is 1. The first-order valence-electron chi connectivity index (χ1n) is 12.0. The summed E-state index contributed by atoms with van der Waals surface area (Å²) in [5.74, 6) is -0.718. The molecule has 0 amide bonds. The van der Waals surface area contributed by atoms with E-state index in [0.29, 0.717) is 18.6 Å².